The summed E-state index contributed by atoms with van der Waals surface area (Å²) in [6.07, 6.45) is 1.72. The lowest BCUT2D eigenvalue weighted by molar-refractivity contribution is -0.943. The van der Waals surface area contributed by atoms with Gasteiger partial charge in [0.2, 0.25) is 4.77 Å². The van der Waals surface area contributed by atoms with Crippen LogP contribution in [0, 0.1) is 4.77 Å². The van der Waals surface area contributed by atoms with Gasteiger partial charge >= 0.3 is 0 Å². The van der Waals surface area contributed by atoms with Gasteiger partial charge in [-0.05, 0) is 31.1 Å². The molecule has 1 aromatic heterocycles. The number of sulfone groups is 1. The van der Waals surface area contributed by atoms with E-state index in [9.17, 15) is 8.42 Å². The van der Waals surface area contributed by atoms with Gasteiger partial charge in [-0.3, -0.25) is 5.10 Å². The topological polar surface area (TPSA) is 72.2 Å². The number of H-pyrrole nitrogens is 1. The molecule has 2 atom stereocenters. The maximum Gasteiger partial charge on any atom is 0.221 e. The van der Waals surface area contributed by atoms with Crippen LogP contribution in [0.25, 0.3) is 11.4 Å². The van der Waals surface area contributed by atoms with Crippen molar-refractivity contribution in [2.24, 2.45) is 0 Å². The standard InChI is InChI=1S/C17H24N4O2S2/c1-3-13-5-7-14(8-6-13)16-18-17(24)21(19-16)12-20(4-2)15-9-10-25(22,23)11-15/h5-8,15H,3-4,9-12H2,1-2H3,(H,18,19,24)/p+1/t15-/m0/s1. The van der Waals surface area contributed by atoms with E-state index in [2.05, 4.69) is 36.1 Å². The summed E-state index contributed by atoms with van der Waals surface area (Å²) in [5.41, 5.74) is 2.29. The van der Waals surface area contributed by atoms with Crippen LogP contribution in [0.2, 0.25) is 0 Å². The lowest BCUT2D eigenvalue weighted by atomic mass is 10.1. The van der Waals surface area contributed by atoms with Crippen molar-refractivity contribution in [3.8, 4) is 11.4 Å². The first-order chi connectivity index (χ1) is 11.9. The van der Waals surface area contributed by atoms with Gasteiger partial charge in [0.25, 0.3) is 0 Å². The second kappa shape index (κ2) is 7.39. The predicted octanol–water partition coefficient (Wildman–Crippen LogP) is 1.22. The van der Waals surface area contributed by atoms with E-state index in [-0.39, 0.29) is 11.8 Å². The van der Waals surface area contributed by atoms with Gasteiger partial charge in [0, 0.05) is 12.0 Å². The third-order valence-electron chi connectivity index (χ3n) is 4.94. The Balaban J connectivity index is 1.78. The molecule has 6 nitrogen and oxygen atoms in total. The van der Waals surface area contributed by atoms with E-state index in [4.69, 9.17) is 12.2 Å². The normalized spacial score (nSPS) is 20.6. The molecule has 1 fully saturated rings. The number of nitrogens with zero attached hydrogens (tertiary/aromatic N) is 2. The Morgan fingerprint density at radius 3 is 2.60 bits per heavy atom. The molecule has 1 saturated heterocycles. The second-order valence-corrected chi connectivity index (χ2v) is 9.20. The molecule has 1 unspecified atom stereocenters. The summed E-state index contributed by atoms with van der Waals surface area (Å²) in [4.78, 5) is 5.69. The fourth-order valence-electron chi connectivity index (χ4n) is 3.34. The zero-order chi connectivity index (χ0) is 18.0. The van der Waals surface area contributed by atoms with Crippen molar-refractivity contribution in [2.45, 2.75) is 39.4 Å². The average molecular weight is 382 g/mol. The fraction of sp³-hybridized carbons (Fsp3) is 0.529. The van der Waals surface area contributed by atoms with Crippen molar-refractivity contribution >= 4 is 22.1 Å². The van der Waals surface area contributed by atoms with Crippen molar-refractivity contribution in [2.75, 3.05) is 18.1 Å². The van der Waals surface area contributed by atoms with Crippen LogP contribution in [0.4, 0.5) is 0 Å². The molecule has 1 aliphatic heterocycles. The predicted molar refractivity (Wildman–Crippen MR) is 101 cm³/mol. The van der Waals surface area contributed by atoms with Crippen LogP contribution in [0.3, 0.4) is 0 Å². The van der Waals surface area contributed by atoms with Crippen molar-refractivity contribution in [1.82, 2.24) is 14.8 Å². The average Bonchev–Trinajstić information content (AvgIpc) is 3.15. The Morgan fingerprint density at radius 2 is 2.04 bits per heavy atom. The summed E-state index contributed by atoms with van der Waals surface area (Å²) < 4.78 is 25.9. The lowest BCUT2D eigenvalue weighted by Gasteiger charge is -2.23. The highest BCUT2D eigenvalue weighted by Gasteiger charge is 2.34. The number of nitrogens with one attached hydrogen (secondary N) is 2. The van der Waals surface area contributed by atoms with E-state index in [1.165, 1.54) is 10.5 Å². The quantitative estimate of drug-likeness (QED) is 0.738. The van der Waals surface area contributed by atoms with Crippen molar-refractivity contribution in [3.63, 3.8) is 0 Å². The minimum atomic E-state index is -2.88. The van der Waals surface area contributed by atoms with Gasteiger partial charge in [0.05, 0.1) is 12.3 Å². The molecule has 8 heteroatoms. The number of rotatable bonds is 6. The van der Waals surface area contributed by atoms with Gasteiger partial charge in [0.15, 0.2) is 22.3 Å². The van der Waals surface area contributed by atoms with Crippen LogP contribution in [0.15, 0.2) is 24.3 Å². The third-order valence-corrected chi connectivity index (χ3v) is 7.02. The summed E-state index contributed by atoms with van der Waals surface area (Å²) in [6, 6.07) is 8.42. The molecule has 0 bridgehead atoms. The smallest absolute Gasteiger partial charge is 0.221 e. The van der Waals surface area contributed by atoms with E-state index in [0.29, 0.717) is 17.2 Å². The minimum absolute atomic E-state index is 0.132. The van der Waals surface area contributed by atoms with E-state index < -0.39 is 9.84 Å². The monoisotopic (exact) mass is 381 g/mol. The zero-order valence-corrected chi connectivity index (χ0v) is 16.3. The molecule has 0 amide bonds. The summed E-state index contributed by atoms with van der Waals surface area (Å²) >= 11 is 5.40. The van der Waals surface area contributed by atoms with Gasteiger partial charge in [-0.1, -0.05) is 31.2 Å². The van der Waals surface area contributed by atoms with Gasteiger partial charge in [0.1, 0.15) is 11.8 Å². The Kier molecular flexibility index (Phi) is 5.41. The largest absolute Gasteiger partial charge is 0.313 e. The molecular formula is C17H25N4O2S2+. The number of aromatic nitrogens is 3. The summed E-state index contributed by atoms with van der Waals surface area (Å²) in [5, 5.41) is 3.28. The molecule has 0 aliphatic carbocycles. The summed E-state index contributed by atoms with van der Waals surface area (Å²) in [6.45, 7) is 5.66. The van der Waals surface area contributed by atoms with Crippen molar-refractivity contribution in [3.05, 3.63) is 34.6 Å². The molecule has 0 saturated carbocycles. The first-order valence-corrected chi connectivity index (χ1v) is 11.0. The zero-order valence-electron chi connectivity index (χ0n) is 14.7. The first kappa shape index (κ1) is 18.3. The van der Waals surface area contributed by atoms with E-state index in [0.717, 1.165) is 30.8 Å². The van der Waals surface area contributed by atoms with Gasteiger partial charge in [-0.15, -0.1) is 0 Å². The Bertz CT molecular complexity index is 884. The highest BCUT2D eigenvalue weighted by atomic mass is 32.2. The Morgan fingerprint density at radius 1 is 1.32 bits per heavy atom. The van der Waals surface area contributed by atoms with E-state index >= 15 is 0 Å². The Labute approximate surface area is 153 Å². The number of aryl methyl sites for hydroxylation is 1. The SMILES string of the molecule is CCc1ccc(-c2nc(=S)n(C[NH+](CC)[C@H]3CCS(=O)(=O)C3)[nH]2)cc1. The molecule has 1 aromatic carbocycles. The molecule has 2 heterocycles. The molecule has 2 N–H and O–H groups in total. The van der Waals surface area contributed by atoms with Gasteiger partial charge < -0.3 is 4.90 Å². The van der Waals surface area contributed by atoms with Crippen LogP contribution < -0.4 is 4.90 Å². The number of benzene rings is 1. The molecule has 25 heavy (non-hydrogen) atoms. The van der Waals surface area contributed by atoms with Gasteiger partial charge in [-0.25, -0.2) is 13.1 Å². The molecule has 3 rings (SSSR count). The van der Waals surface area contributed by atoms with E-state index in [1.807, 2.05) is 16.8 Å². The van der Waals surface area contributed by atoms with Gasteiger partial charge in [-0.2, -0.15) is 4.98 Å². The number of quaternary nitrogens is 1. The first-order valence-electron chi connectivity index (χ1n) is 8.73. The highest BCUT2D eigenvalue weighted by molar-refractivity contribution is 7.91. The molecule has 1 aliphatic rings. The Hall–Kier alpha value is -1.51. The van der Waals surface area contributed by atoms with Crippen molar-refractivity contribution in [1.29, 1.82) is 0 Å². The molecular weight excluding hydrogens is 356 g/mol. The third kappa shape index (κ3) is 4.19. The number of hydrogen-bond acceptors (Lipinski definition) is 4. The van der Waals surface area contributed by atoms with Crippen molar-refractivity contribution < 1.29 is 13.3 Å². The molecule has 0 radical (unpaired) electrons. The lowest BCUT2D eigenvalue weighted by Crippen LogP contribution is -3.15. The number of hydrogen-bond donors (Lipinski definition) is 2. The summed E-state index contributed by atoms with van der Waals surface area (Å²) in [7, 11) is -2.88. The van der Waals surface area contributed by atoms with Crippen LogP contribution in [0.1, 0.15) is 25.8 Å². The molecule has 0 spiro atoms. The molecule has 2 aromatic rings. The number of aromatic amines is 1. The van der Waals surface area contributed by atoms with Crippen LogP contribution in [-0.2, 0) is 22.9 Å². The van der Waals surface area contributed by atoms with Crippen LogP contribution in [-0.4, -0.2) is 47.3 Å². The molecule has 136 valence electrons. The second-order valence-electron chi connectivity index (χ2n) is 6.60. The van der Waals surface area contributed by atoms with Crippen LogP contribution in [0.5, 0.6) is 0 Å². The minimum Gasteiger partial charge on any atom is -0.313 e. The van der Waals surface area contributed by atoms with E-state index in [1.54, 1.807) is 0 Å². The highest BCUT2D eigenvalue weighted by Crippen LogP contribution is 2.16. The summed E-state index contributed by atoms with van der Waals surface area (Å²) in [5.74, 6) is 1.32. The maximum atomic E-state index is 11.8. The van der Waals surface area contributed by atoms with Crippen LogP contribution >= 0.6 is 12.2 Å². The fourth-order valence-corrected chi connectivity index (χ4v) is 5.37. The maximum absolute atomic E-state index is 11.8.